The van der Waals surface area contributed by atoms with Crippen molar-refractivity contribution in [3.63, 3.8) is 0 Å². The van der Waals surface area contributed by atoms with Gasteiger partial charge in [-0.2, -0.15) is 0 Å². The van der Waals surface area contributed by atoms with E-state index in [4.69, 9.17) is 11.6 Å². The molecule has 3 aromatic rings. The van der Waals surface area contributed by atoms with Crippen molar-refractivity contribution >= 4 is 34.5 Å². The van der Waals surface area contributed by atoms with E-state index in [0.717, 1.165) is 16.3 Å². The highest BCUT2D eigenvalue weighted by molar-refractivity contribution is 6.32. The lowest BCUT2D eigenvalue weighted by atomic mass is 10.0. The Morgan fingerprint density at radius 1 is 1.00 bits per heavy atom. The number of halogens is 1. The number of aromatic nitrogens is 2. The molecule has 0 saturated heterocycles. The van der Waals surface area contributed by atoms with E-state index in [1.807, 2.05) is 42.5 Å². The fourth-order valence-electron chi connectivity index (χ4n) is 2.03. The van der Waals surface area contributed by atoms with Gasteiger partial charge in [0, 0.05) is 5.56 Å². The maximum absolute atomic E-state index is 10.5. The van der Waals surface area contributed by atoms with Crippen molar-refractivity contribution in [2.24, 2.45) is 0 Å². The zero-order chi connectivity index (χ0) is 13.9. The minimum Gasteiger partial charge on any atom is -0.326 e. The number of carbonyl (C=O) groups is 1. The number of benzene rings is 2. The SMILES string of the molecule is O=CNc1cc(-c2ccc3ccccc3c2)nnc1Cl. The molecule has 98 valence electrons. The normalized spacial score (nSPS) is 10.4. The molecule has 3 rings (SSSR count). The lowest BCUT2D eigenvalue weighted by molar-refractivity contribution is -0.105. The minimum atomic E-state index is 0.168. The largest absolute Gasteiger partial charge is 0.326 e. The Balaban J connectivity index is 2.10. The van der Waals surface area contributed by atoms with E-state index in [1.165, 1.54) is 0 Å². The average molecular weight is 284 g/mol. The number of carbonyl (C=O) groups excluding carboxylic acids is 1. The summed E-state index contributed by atoms with van der Waals surface area (Å²) in [4.78, 5) is 10.5. The second-order valence-corrected chi connectivity index (χ2v) is 4.62. The second-order valence-electron chi connectivity index (χ2n) is 4.26. The maximum Gasteiger partial charge on any atom is 0.211 e. The zero-order valence-corrected chi connectivity index (χ0v) is 11.1. The van der Waals surface area contributed by atoms with Gasteiger partial charge in [0.15, 0.2) is 5.15 Å². The Kier molecular flexibility index (Phi) is 3.31. The second kappa shape index (κ2) is 5.27. The van der Waals surface area contributed by atoms with Gasteiger partial charge < -0.3 is 5.32 Å². The average Bonchev–Trinajstić information content (AvgIpc) is 2.49. The molecule has 0 spiro atoms. The summed E-state index contributed by atoms with van der Waals surface area (Å²) in [6.07, 6.45) is 0.563. The van der Waals surface area contributed by atoms with Crippen molar-refractivity contribution in [1.29, 1.82) is 0 Å². The van der Waals surface area contributed by atoms with Gasteiger partial charge in [0.1, 0.15) is 0 Å². The van der Waals surface area contributed by atoms with Crippen molar-refractivity contribution in [3.05, 3.63) is 53.7 Å². The van der Waals surface area contributed by atoms with Crippen LogP contribution < -0.4 is 5.32 Å². The molecule has 0 fully saturated rings. The third-order valence-corrected chi connectivity index (χ3v) is 3.29. The fourth-order valence-corrected chi connectivity index (χ4v) is 2.18. The van der Waals surface area contributed by atoms with Gasteiger partial charge in [0.2, 0.25) is 6.41 Å². The lowest BCUT2D eigenvalue weighted by Crippen LogP contribution is -1.98. The predicted octanol–water partition coefficient (Wildman–Crippen LogP) is 3.52. The van der Waals surface area contributed by atoms with E-state index in [2.05, 4.69) is 15.5 Å². The number of nitrogens with one attached hydrogen (secondary N) is 1. The molecule has 0 aliphatic heterocycles. The molecule has 2 aromatic carbocycles. The van der Waals surface area contributed by atoms with Crippen LogP contribution in [0.4, 0.5) is 5.69 Å². The van der Waals surface area contributed by atoms with Crippen molar-refractivity contribution < 1.29 is 4.79 Å². The number of hydrogen-bond acceptors (Lipinski definition) is 3. The van der Waals surface area contributed by atoms with Crippen LogP contribution in [0, 0.1) is 0 Å². The van der Waals surface area contributed by atoms with Crippen molar-refractivity contribution in [3.8, 4) is 11.3 Å². The molecule has 0 aliphatic carbocycles. The van der Waals surface area contributed by atoms with Gasteiger partial charge in [0.25, 0.3) is 0 Å². The van der Waals surface area contributed by atoms with Crippen LogP contribution in [0.25, 0.3) is 22.0 Å². The minimum absolute atomic E-state index is 0.168. The molecule has 0 atom stereocenters. The van der Waals surface area contributed by atoms with Gasteiger partial charge in [-0.3, -0.25) is 4.79 Å². The molecule has 0 radical (unpaired) electrons. The van der Waals surface area contributed by atoms with Crippen LogP contribution in [-0.4, -0.2) is 16.6 Å². The molecule has 20 heavy (non-hydrogen) atoms. The number of nitrogens with zero attached hydrogens (tertiary/aromatic N) is 2. The lowest BCUT2D eigenvalue weighted by Gasteiger charge is -2.06. The number of anilines is 1. The summed E-state index contributed by atoms with van der Waals surface area (Å²) in [5.41, 5.74) is 2.02. The number of hydrogen-bond donors (Lipinski definition) is 1. The molecule has 0 bridgehead atoms. The summed E-state index contributed by atoms with van der Waals surface area (Å²) < 4.78 is 0. The Bertz CT molecular complexity index is 789. The Morgan fingerprint density at radius 2 is 1.80 bits per heavy atom. The Morgan fingerprint density at radius 3 is 2.60 bits per heavy atom. The van der Waals surface area contributed by atoms with Gasteiger partial charge in [-0.1, -0.05) is 48.0 Å². The molecular weight excluding hydrogens is 274 g/mol. The van der Waals surface area contributed by atoms with Crippen LogP contribution in [0.5, 0.6) is 0 Å². The first-order valence-electron chi connectivity index (χ1n) is 6.00. The number of amides is 1. The van der Waals surface area contributed by atoms with Crippen LogP contribution in [0.3, 0.4) is 0 Å². The maximum atomic E-state index is 10.5. The van der Waals surface area contributed by atoms with E-state index in [0.29, 0.717) is 17.8 Å². The van der Waals surface area contributed by atoms with E-state index >= 15 is 0 Å². The molecule has 4 nitrogen and oxygen atoms in total. The molecule has 1 aromatic heterocycles. The highest BCUT2D eigenvalue weighted by Gasteiger charge is 2.07. The van der Waals surface area contributed by atoms with Crippen LogP contribution in [-0.2, 0) is 4.79 Å². The summed E-state index contributed by atoms with van der Waals surface area (Å²) in [5.74, 6) is 0. The molecule has 0 aliphatic rings. The van der Waals surface area contributed by atoms with Crippen molar-refractivity contribution in [1.82, 2.24) is 10.2 Å². The van der Waals surface area contributed by atoms with E-state index in [1.54, 1.807) is 6.07 Å². The molecule has 1 heterocycles. The Labute approximate surface area is 120 Å². The number of rotatable bonds is 3. The summed E-state index contributed by atoms with van der Waals surface area (Å²) in [5, 5.41) is 12.9. The van der Waals surface area contributed by atoms with E-state index in [-0.39, 0.29) is 5.15 Å². The number of fused-ring (bicyclic) bond motifs is 1. The van der Waals surface area contributed by atoms with Gasteiger partial charge in [-0.25, -0.2) is 0 Å². The summed E-state index contributed by atoms with van der Waals surface area (Å²) >= 11 is 5.86. The quantitative estimate of drug-likeness (QED) is 0.748. The summed E-state index contributed by atoms with van der Waals surface area (Å²) in [7, 11) is 0. The summed E-state index contributed by atoms with van der Waals surface area (Å²) in [6.45, 7) is 0. The van der Waals surface area contributed by atoms with Crippen LogP contribution in [0.2, 0.25) is 5.15 Å². The zero-order valence-electron chi connectivity index (χ0n) is 10.4. The molecule has 0 saturated carbocycles. The first kappa shape index (κ1) is 12.6. The topological polar surface area (TPSA) is 54.9 Å². The van der Waals surface area contributed by atoms with Gasteiger partial charge in [-0.05, 0) is 22.9 Å². The van der Waals surface area contributed by atoms with E-state index in [9.17, 15) is 4.79 Å². The first-order chi connectivity index (χ1) is 9.78. The van der Waals surface area contributed by atoms with Crippen LogP contribution in [0.15, 0.2) is 48.5 Å². The molecular formula is C15H10ClN3O. The smallest absolute Gasteiger partial charge is 0.211 e. The third-order valence-electron chi connectivity index (χ3n) is 3.01. The molecule has 1 amide bonds. The van der Waals surface area contributed by atoms with Gasteiger partial charge >= 0.3 is 0 Å². The molecule has 5 heteroatoms. The van der Waals surface area contributed by atoms with Crippen LogP contribution >= 0.6 is 11.6 Å². The summed E-state index contributed by atoms with van der Waals surface area (Å²) in [6, 6.07) is 15.8. The molecule has 0 unspecified atom stereocenters. The van der Waals surface area contributed by atoms with E-state index < -0.39 is 0 Å². The monoisotopic (exact) mass is 283 g/mol. The highest BCUT2D eigenvalue weighted by Crippen LogP contribution is 2.26. The van der Waals surface area contributed by atoms with Crippen molar-refractivity contribution in [2.45, 2.75) is 0 Å². The van der Waals surface area contributed by atoms with Gasteiger partial charge in [-0.15, -0.1) is 10.2 Å². The third kappa shape index (κ3) is 2.33. The first-order valence-corrected chi connectivity index (χ1v) is 6.38. The standard InChI is InChI=1S/C15H10ClN3O/c16-15-14(17-9-20)8-13(18-19-15)12-6-5-10-3-1-2-4-11(10)7-12/h1-9H,(H,17,18,20). The predicted molar refractivity (Wildman–Crippen MR) is 79.7 cm³/mol. The van der Waals surface area contributed by atoms with Crippen molar-refractivity contribution in [2.75, 3.05) is 5.32 Å². The fraction of sp³-hybridized carbons (Fsp3) is 0. The highest BCUT2D eigenvalue weighted by atomic mass is 35.5. The molecule has 1 N–H and O–H groups in total. The Hall–Kier alpha value is -2.46. The van der Waals surface area contributed by atoms with Gasteiger partial charge in [0.05, 0.1) is 11.4 Å². The van der Waals surface area contributed by atoms with Crippen LogP contribution in [0.1, 0.15) is 0 Å².